The van der Waals surface area contributed by atoms with Crippen LogP contribution in [0.5, 0.6) is 0 Å². The fraction of sp³-hybridized carbons (Fsp3) is 0.727. The lowest BCUT2D eigenvalue weighted by Gasteiger charge is -2.23. The van der Waals surface area contributed by atoms with Crippen molar-refractivity contribution < 1.29 is 36.2 Å². The van der Waals surface area contributed by atoms with E-state index in [-0.39, 0.29) is 5.57 Å². The van der Waals surface area contributed by atoms with Crippen molar-refractivity contribution in [2.75, 3.05) is 13.7 Å². The second-order valence-electron chi connectivity index (χ2n) is 4.27. The Kier molecular flexibility index (Phi) is 6.53. The molecule has 4 nitrogen and oxygen atoms in total. The molecule has 10 heteroatoms. The average Bonchev–Trinajstić information content (AvgIpc) is 2.25. The van der Waals surface area contributed by atoms with Crippen LogP contribution in [0.15, 0.2) is 16.6 Å². The van der Waals surface area contributed by atoms with E-state index in [2.05, 4.69) is 9.84 Å². The van der Waals surface area contributed by atoms with Gasteiger partial charge in [0.25, 0.3) is 0 Å². The molecule has 124 valence electrons. The van der Waals surface area contributed by atoms with Gasteiger partial charge < -0.3 is 9.84 Å². The smallest absolute Gasteiger partial charge is 0.430 e. The highest BCUT2D eigenvalue weighted by Gasteiger charge is 2.34. The molecular formula is C11H16F6N2O2. The van der Waals surface area contributed by atoms with Crippen LogP contribution in [0.3, 0.4) is 0 Å². The summed E-state index contributed by atoms with van der Waals surface area (Å²) in [6, 6.07) is 0. The number of nitrogens with zero attached hydrogens (tertiary/aromatic N) is 2. The number of hydrogen-bond donors (Lipinski definition) is 1. The van der Waals surface area contributed by atoms with Gasteiger partial charge in [0.1, 0.15) is 5.71 Å². The Morgan fingerprint density at radius 1 is 1.19 bits per heavy atom. The van der Waals surface area contributed by atoms with Gasteiger partial charge in [-0.05, 0) is 20.8 Å². The van der Waals surface area contributed by atoms with Gasteiger partial charge in [0.15, 0.2) is 6.61 Å². The van der Waals surface area contributed by atoms with Crippen LogP contribution in [0, 0.1) is 0 Å². The Balaban J connectivity index is 5.38. The highest BCUT2D eigenvalue weighted by molar-refractivity contribution is 5.87. The van der Waals surface area contributed by atoms with Crippen LogP contribution in [-0.2, 0) is 4.74 Å². The van der Waals surface area contributed by atoms with E-state index in [4.69, 9.17) is 0 Å². The van der Waals surface area contributed by atoms with Gasteiger partial charge in [-0.15, -0.1) is 0 Å². The predicted octanol–water partition coefficient (Wildman–Crippen LogP) is 3.05. The minimum atomic E-state index is -4.72. The molecule has 0 aliphatic heterocycles. The van der Waals surface area contributed by atoms with E-state index in [9.17, 15) is 31.4 Å². The van der Waals surface area contributed by atoms with Crippen LogP contribution < -0.4 is 0 Å². The van der Waals surface area contributed by atoms with Gasteiger partial charge in [0.2, 0.25) is 5.88 Å². The molecule has 0 heterocycles. The molecule has 0 aliphatic carbocycles. The number of halogens is 6. The molecular weight excluding hydrogens is 306 g/mol. The fourth-order valence-corrected chi connectivity index (χ4v) is 1.12. The Morgan fingerprint density at radius 2 is 1.67 bits per heavy atom. The van der Waals surface area contributed by atoms with Crippen LogP contribution in [-0.4, -0.2) is 47.9 Å². The van der Waals surface area contributed by atoms with Crippen molar-refractivity contribution in [1.29, 1.82) is 0 Å². The van der Waals surface area contributed by atoms with Crippen LogP contribution in [0.1, 0.15) is 20.8 Å². The lowest BCUT2D eigenvalue weighted by atomic mass is 10.2. The lowest BCUT2D eigenvalue weighted by Crippen LogP contribution is -2.28. The molecule has 0 saturated heterocycles. The molecule has 0 aromatic heterocycles. The van der Waals surface area contributed by atoms with Crippen molar-refractivity contribution in [3.8, 4) is 0 Å². The maximum Gasteiger partial charge on any atom is 0.430 e. The van der Waals surface area contributed by atoms with E-state index in [0.29, 0.717) is 11.9 Å². The van der Waals surface area contributed by atoms with Crippen molar-refractivity contribution in [1.82, 2.24) is 5.01 Å². The van der Waals surface area contributed by atoms with E-state index < -0.39 is 36.7 Å². The molecule has 0 rings (SSSR count). The maximum atomic E-state index is 12.4. The molecule has 0 bridgehead atoms. The second-order valence-corrected chi connectivity index (χ2v) is 4.27. The number of hydrazone groups is 1. The number of aliphatic hydroxyl groups excluding tert-OH is 1. The molecule has 1 atom stereocenters. The molecule has 1 N–H and O–H groups in total. The molecule has 0 fully saturated rings. The Hall–Kier alpha value is -1.45. The van der Waals surface area contributed by atoms with E-state index in [1.54, 1.807) is 0 Å². The molecule has 0 radical (unpaired) electrons. The van der Waals surface area contributed by atoms with Gasteiger partial charge in [-0.1, -0.05) is 0 Å². The lowest BCUT2D eigenvalue weighted by molar-refractivity contribution is -0.170. The SMILES string of the molecule is C/C(=C(/OCC(F)(F)F)N(C)/N=C(\C)C(F)(F)F)C(C)O. The van der Waals surface area contributed by atoms with Crippen molar-refractivity contribution in [3.63, 3.8) is 0 Å². The first-order valence-electron chi connectivity index (χ1n) is 5.70. The predicted molar refractivity (Wildman–Crippen MR) is 63.3 cm³/mol. The molecule has 1 unspecified atom stereocenters. The monoisotopic (exact) mass is 322 g/mol. The zero-order valence-electron chi connectivity index (χ0n) is 11.8. The van der Waals surface area contributed by atoms with Crippen LogP contribution in [0.2, 0.25) is 0 Å². The molecule has 0 aromatic carbocycles. The summed E-state index contributed by atoms with van der Waals surface area (Å²) in [6.07, 6.45) is -10.6. The van der Waals surface area contributed by atoms with Crippen molar-refractivity contribution in [2.24, 2.45) is 5.10 Å². The summed E-state index contributed by atoms with van der Waals surface area (Å²) in [5, 5.41) is 13.0. The zero-order chi connectivity index (χ0) is 17.0. The topological polar surface area (TPSA) is 45.1 Å². The third-order valence-electron chi connectivity index (χ3n) is 2.34. The fourth-order valence-electron chi connectivity index (χ4n) is 1.12. The van der Waals surface area contributed by atoms with Gasteiger partial charge in [0, 0.05) is 12.6 Å². The number of ether oxygens (including phenoxy) is 1. The normalized spacial score (nSPS) is 16.4. The van der Waals surface area contributed by atoms with Crippen LogP contribution in [0.25, 0.3) is 0 Å². The molecule has 0 amide bonds. The maximum absolute atomic E-state index is 12.4. The Morgan fingerprint density at radius 3 is 2.00 bits per heavy atom. The number of alkyl halides is 6. The highest BCUT2D eigenvalue weighted by Crippen LogP contribution is 2.22. The van der Waals surface area contributed by atoms with Gasteiger partial charge in [-0.3, -0.25) is 0 Å². The van der Waals surface area contributed by atoms with Gasteiger partial charge >= 0.3 is 12.4 Å². The second kappa shape index (κ2) is 7.01. The van der Waals surface area contributed by atoms with E-state index in [1.165, 1.54) is 13.8 Å². The third-order valence-corrected chi connectivity index (χ3v) is 2.34. The van der Waals surface area contributed by atoms with Crippen LogP contribution in [0.4, 0.5) is 26.3 Å². The molecule has 0 saturated carbocycles. The molecule has 0 aliphatic rings. The minimum Gasteiger partial charge on any atom is -0.468 e. The van der Waals surface area contributed by atoms with Crippen molar-refractivity contribution in [3.05, 3.63) is 11.5 Å². The number of hydrogen-bond acceptors (Lipinski definition) is 4. The highest BCUT2D eigenvalue weighted by atomic mass is 19.4. The standard InChI is InChI=1S/C11H16F6N2O2/c1-6(7(2)20)9(21-5-10(12,13)14)19(4)18-8(3)11(15,16)17/h7,20H,5H2,1-4H3/b9-6-,18-8+. The first-order valence-corrected chi connectivity index (χ1v) is 5.70. The summed E-state index contributed by atoms with van der Waals surface area (Å²) in [5.74, 6) is -0.592. The summed E-state index contributed by atoms with van der Waals surface area (Å²) in [4.78, 5) is 0. The quantitative estimate of drug-likeness (QED) is 0.366. The number of rotatable bonds is 5. The zero-order valence-corrected chi connectivity index (χ0v) is 11.8. The molecule has 0 spiro atoms. The van der Waals surface area contributed by atoms with Crippen molar-refractivity contribution in [2.45, 2.75) is 39.2 Å². The van der Waals surface area contributed by atoms with Gasteiger partial charge in [0.05, 0.1) is 6.10 Å². The van der Waals surface area contributed by atoms with Gasteiger partial charge in [-0.25, -0.2) is 5.01 Å². The van der Waals surface area contributed by atoms with E-state index in [1.807, 2.05) is 0 Å². The summed E-state index contributed by atoms with van der Waals surface area (Å²) in [7, 11) is 0.993. The first-order chi connectivity index (χ1) is 9.25. The summed E-state index contributed by atoms with van der Waals surface area (Å²) >= 11 is 0. The summed E-state index contributed by atoms with van der Waals surface area (Å²) in [6.45, 7) is 1.42. The molecule has 0 aromatic rings. The average molecular weight is 322 g/mol. The van der Waals surface area contributed by atoms with Gasteiger partial charge in [-0.2, -0.15) is 31.4 Å². The largest absolute Gasteiger partial charge is 0.468 e. The number of aliphatic hydroxyl groups is 1. The summed E-state index contributed by atoms with van der Waals surface area (Å²) in [5.41, 5.74) is -1.35. The van der Waals surface area contributed by atoms with E-state index >= 15 is 0 Å². The minimum absolute atomic E-state index is 0.0829. The van der Waals surface area contributed by atoms with E-state index in [0.717, 1.165) is 7.05 Å². The Bertz CT molecular complexity index is 412. The van der Waals surface area contributed by atoms with Crippen molar-refractivity contribution >= 4 is 5.71 Å². The molecule has 21 heavy (non-hydrogen) atoms. The Labute approximate surface area is 117 Å². The first kappa shape index (κ1) is 19.6. The van der Waals surface area contributed by atoms with Crippen LogP contribution >= 0.6 is 0 Å². The third kappa shape index (κ3) is 7.21. The summed E-state index contributed by atoms with van der Waals surface area (Å²) < 4.78 is 78.0.